The molecule has 2 N–H and O–H groups in total. The third-order valence-corrected chi connectivity index (χ3v) is 3.33. The molecule has 0 aliphatic heterocycles. The van der Waals surface area contributed by atoms with Crippen LogP contribution in [0.15, 0.2) is 55.1 Å². The van der Waals surface area contributed by atoms with E-state index in [-0.39, 0.29) is 29.2 Å². The largest absolute Gasteiger partial charge is 0.507 e. The number of para-hydroxylation sites is 1. The molecule has 2 aromatic carbocycles. The number of rotatable bonds is 7. The van der Waals surface area contributed by atoms with Gasteiger partial charge in [-0.3, -0.25) is 4.79 Å². The lowest BCUT2D eigenvalue weighted by atomic mass is 10.0. The molecular weight excluding hydrogens is 324 g/mol. The van der Waals surface area contributed by atoms with Crippen LogP contribution in [0, 0.1) is 0 Å². The van der Waals surface area contributed by atoms with Gasteiger partial charge < -0.3 is 19.7 Å². The molecule has 6 heteroatoms. The van der Waals surface area contributed by atoms with Crippen molar-refractivity contribution in [2.75, 3.05) is 6.61 Å². The van der Waals surface area contributed by atoms with Gasteiger partial charge in [-0.1, -0.05) is 18.7 Å². The normalized spacial score (nSPS) is 11.4. The number of hydrogen-bond acceptors (Lipinski definition) is 6. The molecular formula is C19H18O6. The van der Waals surface area contributed by atoms with Crippen LogP contribution in [0.25, 0.3) is 0 Å². The monoisotopic (exact) mass is 342 g/mol. The van der Waals surface area contributed by atoms with E-state index in [1.165, 1.54) is 30.3 Å². The molecule has 0 bridgehead atoms. The molecule has 1 atom stereocenters. The summed E-state index contributed by atoms with van der Waals surface area (Å²) in [6.07, 6.45) is 0.553. The minimum Gasteiger partial charge on any atom is -0.507 e. The molecule has 2 rings (SSSR count). The Morgan fingerprint density at radius 3 is 2.44 bits per heavy atom. The van der Waals surface area contributed by atoms with Crippen molar-refractivity contribution < 1.29 is 29.3 Å². The van der Waals surface area contributed by atoms with Crippen LogP contribution >= 0.6 is 0 Å². The Morgan fingerprint density at radius 2 is 1.80 bits per heavy atom. The first-order valence-electron chi connectivity index (χ1n) is 7.54. The average molecular weight is 342 g/mol. The standard InChI is InChI=1S/C19H18O6/c1-3-18(22)25-12(2)11-24-13-8-9-15(17(21)10-13)19(23)14-6-4-5-7-16(14)20/h3-10,12,20-21H,1,11H2,2H3. The van der Waals surface area contributed by atoms with Gasteiger partial charge in [0.05, 0.1) is 11.1 Å². The first-order valence-corrected chi connectivity index (χ1v) is 7.54. The van der Waals surface area contributed by atoms with Crippen molar-refractivity contribution in [2.45, 2.75) is 13.0 Å². The maximum atomic E-state index is 12.4. The Morgan fingerprint density at radius 1 is 1.12 bits per heavy atom. The summed E-state index contributed by atoms with van der Waals surface area (Å²) >= 11 is 0. The summed E-state index contributed by atoms with van der Waals surface area (Å²) in [7, 11) is 0. The van der Waals surface area contributed by atoms with Crippen molar-refractivity contribution >= 4 is 11.8 Å². The summed E-state index contributed by atoms with van der Waals surface area (Å²) in [6.45, 7) is 5.03. The number of phenolic OH excluding ortho intramolecular Hbond substituents is 2. The van der Waals surface area contributed by atoms with Gasteiger partial charge in [0.15, 0.2) is 5.78 Å². The fourth-order valence-electron chi connectivity index (χ4n) is 2.10. The van der Waals surface area contributed by atoms with Gasteiger partial charge in [-0.15, -0.1) is 0 Å². The van der Waals surface area contributed by atoms with E-state index in [4.69, 9.17) is 9.47 Å². The highest BCUT2D eigenvalue weighted by molar-refractivity contribution is 6.12. The van der Waals surface area contributed by atoms with Crippen molar-refractivity contribution in [1.29, 1.82) is 0 Å². The fraction of sp³-hybridized carbons (Fsp3) is 0.158. The molecule has 0 aliphatic rings. The zero-order chi connectivity index (χ0) is 18.4. The van der Waals surface area contributed by atoms with E-state index in [1.807, 2.05) is 0 Å². The molecule has 0 fully saturated rings. The summed E-state index contributed by atoms with van der Waals surface area (Å²) in [6, 6.07) is 10.3. The molecule has 0 amide bonds. The number of hydrogen-bond donors (Lipinski definition) is 2. The Hall–Kier alpha value is -3.28. The van der Waals surface area contributed by atoms with Crippen LogP contribution in [0.2, 0.25) is 0 Å². The van der Waals surface area contributed by atoms with Crippen LogP contribution in [0.1, 0.15) is 22.8 Å². The van der Waals surface area contributed by atoms with E-state index in [1.54, 1.807) is 19.1 Å². The molecule has 6 nitrogen and oxygen atoms in total. The van der Waals surface area contributed by atoms with Gasteiger partial charge in [0.2, 0.25) is 0 Å². The molecule has 0 heterocycles. The van der Waals surface area contributed by atoms with Gasteiger partial charge in [-0.05, 0) is 31.2 Å². The second kappa shape index (κ2) is 8.01. The number of ketones is 1. The number of phenols is 2. The highest BCUT2D eigenvalue weighted by Gasteiger charge is 2.17. The molecule has 1 unspecified atom stereocenters. The molecule has 0 aliphatic carbocycles. The summed E-state index contributed by atoms with van der Waals surface area (Å²) in [4.78, 5) is 23.5. The lowest BCUT2D eigenvalue weighted by Gasteiger charge is -2.14. The Bertz CT molecular complexity index is 796. The van der Waals surface area contributed by atoms with Crippen LogP contribution in [-0.2, 0) is 9.53 Å². The SMILES string of the molecule is C=CC(=O)OC(C)COc1ccc(C(=O)c2ccccc2O)c(O)c1. The number of aromatic hydroxyl groups is 2. The summed E-state index contributed by atoms with van der Waals surface area (Å²) < 4.78 is 10.4. The molecule has 0 spiro atoms. The predicted molar refractivity (Wildman–Crippen MR) is 90.9 cm³/mol. The fourth-order valence-corrected chi connectivity index (χ4v) is 2.10. The van der Waals surface area contributed by atoms with Crippen molar-refractivity contribution in [2.24, 2.45) is 0 Å². The zero-order valence-corrected chi connectivity index (χ0v) is 13.6. The average Bonchev–Trinajstić information content (AvgIpc) is 2.59. The van der Waals surface area contributed by atoms with Gasteiger partial charge in [0.1, 0.15) is 30.0 Å². The molecule has 2 aromatic rings. The predicted octanol–water partition coefficient (Wildman–Crippen LogP) is 2.83. The lowest BCUT2D eigenvalue weighted by molar-refractivity contribution is -0.143. The molecule has 25 heavy (non-hydrogen) atoms. The second-order valence-corrected chi connectivity index (χ2v) is 5.29. The van der Waals surface area contributed by atoms with Gasteiger partial charge in [-0.2, -0.15) is 0 Å². The number of carbonyl (C=O) groups excluding carboxylic acids is 2. The second-order valence-electron chi connectivity index (χ2n) is 5.29. The topological polar surface area (TPSA) is 93.1 Å². The Balaban J connectivity index is 2.08. The third kappa shape index (κ3) is 4.60. The molecule has 0 saturated carbocycles. The molecule has 0 aromatic heterocycles. The maximum Gasteiger partial charge on any atom is 0.330 e. The summed E-state index contributed by atoms with van der Waals surface area (Å²) in [5, 5.41) is 19.8. The van der Waals surface area contributed by atoms with Crippen molar-refractivity contribution in [1.82, 2.24) is 0 Å². The lowest BCUT2D eigenvalue weighted by Crippen LogP contribution is -2.20. The molecule has 130 valence electrons. The van der Waals surface area contributed by atoms with E-state index in [0.717, 1.165) is 6.08 Å². The van der Waals surface area contributed by atoms with Crippen LogP contribution in [0.5, 0.6) is 17.2 Å². The number of benzene rings is 2. The first kappa shape index (κ1) is 18.1. The minimum absolute atomic E-state index is 0.0417. The minimum atomic E-state index is -0.553. The van der Waals surface area contributed by atoms with Gasteiger partial charge >= 0.3 is 5.97 Å². The van der Waals surface area contributed by atoms with E-state index in [0.29, 0.717) is 5.75 Å². The quantitative estimate of drug-likeness (QED) is 0.457. The van der Waals surface area contributed by atoms with E-state index in [2.05, 4.69) is 6.58 Å². The highest BCUT2D eigenvalue weighted by Crippen LogP contribution is 2.28. The van der Waals surface area contributed by atoms with Crippen LogP contribution < -0.4 is 4.74 Å². The first-order chi connectivity index (χ1) is 11.9. The molecule has 0 saturated heterocycles. The highest BCUT2D eigenvalue weighted by atomic mass is 16.6. The third-order valence-electron chi connectivity index (χ3n) is 3.33. The smallest absolute Gasteiger partial charge is 0.330 e. The van der Waals surface area contributed by atoms with Crippen molar-refractivity contribution in [3.8, 4) is 17.2 Å². The number of ether oxygens (including phenoxy) is 2. The van der Waals surface area contributed by atoms with Crippen LogP contribution in [0.4, 0.5) is 0 Å². The Labute approximate surface area is 144 Å². The van der Waals surface area contributed by atoms with Gasteiger partial charge in [-0.25, -0.2) is 4.79 Å². The summed E-state index contributed by atoms with van der Waals surface area (Å²) in [5.41, 5.74) is 0.136. The van der Waals surface area contributed by atoms with E-state index in [9.17, 15) is 19.8 Å². The van der Waals surface area contributed by atoms with E-state index < -0.39 is 17.9 Å². The van der Waals surface area contributed by atoms with Crippen LogP contribution in [-0.4, -0.2) is 34.7 Å². The number of esters is 1. The van der Waals surface area contributed by atoms with Gasteiger partial charge in [0.25, 0.3) is 0 Å². The van der Waals surface area contributed by atoms with Crippen molar-refractivity contribution in [3.63, 3.8) is 0 Å². The van der Waals surface area contributed by atoms with Gasteiger partial charge in [0, 0.05) is 12.1 Å². The Kier molecular flexibility index (Phi) is 5.79. The van der Waals surface area contributed by atoms with Crippen LogP contribution in [0.3, 0.4) is 0 Å². The zero-order valence-electron chi connectivity index (χ0n) is 13.6. The number of carbonyl (C=O) groups is 2. The summed E-state index contributed by atoms with van der Waals surface area (Å²) in [5.74, 6) is -1.18. The molecule has 0 radical (unpaired) electrons. The maximum absolute atomic E-state index is 12.4. The van der Waals surface area contributed by atoms with E-state index >= 15 is 0 Å². The van der Waals surface area contributed by atoms with Crippen molar-refractivity contribution in [3.05, 3.63) is 66.2 Å².